The van der Waals surface area contributed by atoms with Crippen molar-refractivity contribution in [3.8, 4) is 0 Å². The van der Waals surface area contributed by atoms with Gasteiger partial charge < -0.3 is 29.9 Å². The average molecular weight is 424 g/mol. The molecule has 5 saturated carbocycles. The van der Waals surface area contributed by atoms with Gasteiger partial charge in [-0.3, -0.25) is 4.90 Å². The summed E-state index contributed by atoms with van der Waals surface area (Å²) in [5, 5.41) is 46.8. The summed E-state index contributed by atoms with van der Waals surface area (Å²) in [5.74, 6) is -0.269. The normalized spacial score (nSPS) is 63.3. The first-order valence-corrected chi connectivity index (χ1v) is 11.8. The fourth-order valence-corrected chi connectivity index (χ4v) is 10.4. The van der Waals surface area contributed by atoms with Gasteiger partial charge in [0.1, 0.15) is 11.2 Å². The number of likely N-dealkylation sites (tertiary alicyclic amines) is 1. The van der Waals surface area contributed by atoms with Crippen LogP contribution >= 0.6 is 0 Å². The largest absolute Gasteiger partial charge is 0.396 e. The number of ether oxygens (including phenoxy) is 2. The summed E-state index contributed by atoms with van der Waals surface area (Å²) in [5.41, 5.74) is -3.39. The number of hydrogen-bond donors (Lipinski definition) is 4. The Morgan fingerprint density at radius 3 is 2.50 bits per heavy atom. The molecular weight excluding hydrogens is 386 g/mol. The second kappa shape index (κ2) is 5.99. The quantitative estimate of drug-likeness (QED) is 0.504. The third-order valence-corrected chi connectivity index (χ3v) is 11.1. The molecule has 170 valence electrons. The number of nitrogens with zero attached hydrogens (tertiary/aromatic N) is 1. The molecule has 12 atom stereocenters. The van der Waals surface area contributed by atoms with E-state index in [0.717, 1.165) is 32.4 Å². The molecule has 0 radical (unpaired) electrons. The highest BCUT2D eigenvalue weighted by Crippen LogP contribution is 2.79. The van der Waals surface area contributed by atoms with Crippen LogP contribution in [-0.4, -0.2) is 94.8 Å². The molecule has 0 aromatic carbocycles. The first-order chi connectivity index (χ1) is 14.3. The monoisotopic (exact) mass is 423 g/mol. The van der Waals surface area contributed by atoms with Crippen LogP contribution < -0.4 is 0 Å². The molecule has 6 aliphatic rings. The standard InChI is InChI=1S/C23H37NO6/c1-4-24-10-20(11-25)6-5-16(30-3)23-13-7-12-14(29-2)8-21(27,17(13)18(12)26)22(28,19(23)24)9-15(20)23/h12-19,25-28H,4-11H2,1-3H3. The van der Waals surface area contributed by atoms with Gasteiger partial charge in [0.15, 0.2) is 0 Å². The van der Waals surface area contributed by atoms with Gasteiger partial charge in [-0.15, -0.1) is 0 Å². The Bertz CT molecular complexity index is 751. The summed E-state index contributed by atoms with van der Waals surface area (Å²) in [6.45, 7) is 3.71. The lowest BCUT2D eigenvalue weighted by molar-refractivity contribution is -0.314. The Hall–Kier alpha value is -0.280. The Morgan fingerprint density at radius 2 is 1.87 bits per heavy atom. The molecular formula is C23H37NO6. The van der Waals surface area contributed by atoms with E-state index in [1.807, 2.05) is 0 Å². The zero-order chi connectivity index (χ0) is 21.3. The first kappa shape index (κ1) is 20.3. The lowest BCUT2D eigenvalue weighted by Crippen LogP contribution is -2.81. The highest BCUT2D eigenvalue weighted by atomic mass is 16.5. The van der Waals surface area contributed by atoms with E-state index in [1.54, 1.807) is 14.2 Å². The maximum Gasteiger partial charge on any atom is 0.110 e. The van der Waals surface area contributed by atoms with Crippen molar-refractivity contribution in [2.75, 3.05) is 33.9 Å². The van der Waals surface area contributed by atoms with Crippen molar-refractivity contribution in [3.05, 3.63) is 0 Å². The summed E-state index contributed by atoms with van der Waals surface area (Å²) < 4.78 is 11.9. The third-order valence-electron chi connectivity index (χ3n) is 11.1. The number of rotatable bonds is 4. The van der Waals surface area contributed by atoms with E-state index in [-0.39, 0.29) is 59.4 Å². The van der Waals surface area contributed by atoms with Crippen LogP contribution in [0.2, 0.25) is 0 Å². The zero-order valence-electron chi connectivity index (χ0n) is 18.3. The average Bonchev–Trinajstić information content (AvgIpc) is 3.11. The molecule has 6 fully saturated rings. The highest BCUT2D eigenvalue weighted by Gasteiger charge is 2.88. The van der Waals surface area contributed by atoms with E-state index in [9.17, 15) is 20.4 Å². The number of aliphatic hydroxyl groups excluding tert-OH is 2. The second-order valence-corrected chi connectivity index (χ2v) is 11.4. The molecule has 1 saturated heterocycles. The van der Waals surface area contributed by atoms with Gasteiger partial charge in [0.05, 0.1) is 24.9 Å². The van der Waals surface area contributed by atoms with Crippen molar-refractivity contribution in [3.63, 3.8) is 0 Å². The van der Waals surface area contributed by atoms with Gasteiger partial charge in [-0.2, -0.15) is 0 Å². The number of fused-ring (bicyclic) bond motifs is 2. The zero-order valence-corrected chi connectivity index (χ0v) is 18.3. The van der Waals surface area contributed by atoms with E-state index in [1.165, 1.54) is 0 Å². The molecule has 0 aromatic heterocycles. The Labute approximate surface area is 178 Å². The SMILES string of the molecule is CCN1CC2(CO)CCC(OC)C34C5CC6C(OC)CC(O)(C5C6O)C(O)(CC23)C14. The second-order valence-electron chi connectivity index (χ2n) is 11.4. The maximum absolute atomic E-state index is 12.5. The van der Waals surface area contributed by atoms with Gasteiger partial charge >= 0.3 is 0 Å². The smallest absolute Gasteiger partial charge is 0.110 e. The van der Waals surface area contributed by atoms with Crippen LogP contribution in [-0.2, 0) is 9.47 Å². The molecule has 0 aromatic rings. The number of piperidine rings is 1. The summed E-state index contributed by atoms with van der Waals surface area (Å²) in [4.78, 5) is 2.33. The third kappa shape index (κ3) is 1.80. The highest BCUT2D eigenvalue weighted by molar-refractivity contribution is 5.38. The van der Waals surface area contributed by atoms with Crippen molar-refractivity contribution < 1.29 is 29.9 Å². The van der Waals surface area contributed by atoms with Crippen molar-refractivity contribution in [2.24, 2.45) is 34.5 Å². The minimum Gasteiger partial charge on any atom is -0.396 e. The molecule has 1 aliphatic heterocycles. The molecule has 5 aliphatic carbocycles. The number of aliphatic hydroxyl groups is 4. The van der Waals surface area contributed by atoms with Gasteiger partial charge in [0.25, 0.3) is 0 Å². The van der Waals surface area contributed by atoms with Crippen LogP contribution in [0.5, 0.6) is 0 Å². The summed E-state index contributed by atoms with van der Waals surface area (Å²) >= 11 is 0. The van der Waals surface area contributed by atoms with Gasteiger partial charge in [-0.25, -0.2) is 0 Å². The van der Waals surface area contributed by atoms with Crippen molar-refractivity contribution in [1.82, 2.24) is 4.90 Å². The van der Waals surface area contributed by atoms with E-state index in [0.29, 0.717) is 12.8 Å². The first-order valence-electron chi connectivity index (χ1n) is 11.8. The Morgan fingerprint density at radius 1 is 1.10 bits per heavy atom. The fraction of sp³-hybridized carbons (Fsp3) is 1.00. The molecule has 7 nitrogen and oxygen atoms in total. The van der Waals surface area contributed by atoms with Crippen molar-refractivity contribution in [1.29, 1.82) is 0 Å². The molecule has 12 unspecified atom stereocenters. The van der Waals surface area contributed by atoms with Gasteiger partial charge in [0.2, 0.25) is 0 Å². The molecule has 7 heteroatoms. The topological polar surface area (TPSA) is 103 Å². The van der Waals surface area contributed by atoms with E-state index in [2.05, 4.69) is 11.8 Å². The maximum atomic E-state index is 12.5. The summed E-state index contributed by atoms with van der Waals surface area (Å²) in [6, 6.07) is -0.224. The minimum atomic E-state index is -1.39. The van der Waals surface area contributed by atoms with Crippen LogP contribution in [0, 0.1) is 34.5 Å². The molecule has 7 bridgehead atoms. The summed E-state index contributed by atoms with van der Waals surface area (Å²) in [7, 11) is 3.42. The number of hydrogen-bond acceptors (Lipinski definition) is 7. The van der Waals surface area contributed by atoms with E-state index < -0.39 is 17.3 Å². The predicted molar refractivity (Wildman–Crippen MR) is 108 cm³/mol. The van der Waals surface area contributed by atoms with Crippen molar-refractivity contribution in [2.45, 2.75) is 74.6 Å². The summed E-state index contributed by atoms with van der Waals surface area (Å²) in [6.07, 6.45) is 2.36. The van der Waals surface area contributed by atoms with Gasteiger partial charge in [-0.1, -0.05) is 6.92 Å². The van der Waals surface area contributed by atoms with Gasteiger partial charge in [0, 0.05) is 55.9 Å². The molecule has 0 amide bonds. The lowest BCUT2D eigenvalue weighted by Gasteiger charge is -2.70. The van der Waals surface area contributed by atoms with Gasteiger partial charge in [-0.05, 0) is 44.1 Å². The van der Waals surface area contributed by atoms with Crippen molar-refractivity contribution >= 4 is 0 Å². The van der Waals surface area contributed by atoms with Crippen LogP contribution in [0.1, 0.15) is 39.0 Å². The predicted octanol–water partition coefficient (Wildman–Crippen LogP) is -0.00800. The van der Waals surface area contributed by atoms with E-state index in [4.69, 9.17) is 9.47 Å². The number of likely N-dealkylation sites (N-methyl/N-ethyl adjacent to an activating group) is 1. The molecule has 1 heterocycles. The minimum absolute atomic E-state index is 0.0265. The number of methoxy groups -OCH3 is 2. The van der Waals surface area contributed by atoms with Crippen LogP contribution in [0.4, 0.5) is 0 Å². The fourth-order valence-electron chi connectivity index (χ4n) is 10.4. The lowest BCUT2D eigenvalue weighted by atomic mass is 9.42. The van der Waals surface area contributed by atoms with Crippen LogP contribution in [0.15, 0.2) is 0 Å². The Balaban J connectivity index is 1.64. The Kier molecular flexibility index (Phi) is 4.06. The van der Waals surface area contributed by atoms with E-state index >= 15 is 0 Å². The van der Waals surface area contributed by atoms with Crippen LogP contribution in [0.25, 0.3) is 0 Å². The van der Waals surface area contributed by atoms with Crippen LogP contribution in [0.3, 0.4) is 0 Å². The molecule has 6 rings (SSSR count). The molecule has 30 heavy (non-hydrogen) atoms. The molecule has 4 N–H and O–H groups in total. The molecule has 1 spiro atoms.